The van der Waals surface area contributed by atoms with Gasteiger partial charge in [0.25, 0.3) is 5.92 Å². The van der Waals surface area contributed by atoms with Crippen LogP contribution in [0, 0.1) is 0 Å². The van der Waals surface area contributed by atoms with Gasteiger partial charge in [-0.2, -0.15) is 8.78 Å². The van der Waals surface area contributed by atoms with Crippen molar-refractivity contribution in [2.45, 2.75) is 57.4 Å². The van der Waals surface area contributed by atoms with Crippen LogP contribution in [0.4, 0.5) is 14.6 Å². The number of pyridine rings is 1. The molecule has 0 saturated heterocycles. The molecule has 4 aromatic rings. The first-order chi connectivity index (χ1) is 18.7. The zero-order valence-corrected chi connectivity index (χ0v) is 22.7. The Morgan fingerprint density at radius 3 is 2.46 bits per heavy atom. The Morgan fingerprint density at radius 2 is 1.82 bits per heavy atom. The van der Waals surface area contributed by atoms with Crippen LogP contribution >= 0.6 is 0 Å². The Hall–Kier alpha value is -3.88. The van der Waals surface area contributed by atoms with E-state index in [4.69, 9.17) is 9.72 Å². The van der Waals surface area contributed by atoms with Gasteiger partial charge in [-0.1, -0.05) is 38.1 Å². The standard InChI is InChI=1S/C30H32F2N6O/c1-19(2)25-22(7-5-14-33-25)26-34-17-23-28(36-26)38(15-16-39-23)30(12-6-13-30)21-10-8-20(9-11-21)27-35-24(18-37(27)4)29(3,31)32/h5,7-11,14,17-19H,6,12-13,15-16H2,1-4H3. The summed E-state index contributed by atoms with van der Waals surface area (Å²) in [4.78, 5) is 20.9. The minimum Gasteiger partial charge on any atom is -0.486 e. The zero-order chi connectivity index (χ0) is 27.4. The van der Waals surface area contributed by atoms with Crippen molar-refractivity contribution in [2.24, 2.45) is 7.05 Å². The van der Waals surface area contributed by atoms with Crippen molar-refractivity contribution in [1.29, 1.82) is 0 Å². The summed E-state index contributed by atoms with van der Waals surface area (Å²) in [6, 6.07) is 12.1. The van der Waals surface area contributed by atoms with E-state index >= 15 is 0 Å². The highest BCUT2D eigenvalue weighted by Crippen LogP contribution is 2.51. The first-order valence-corrected chi connectivity index (χ1v) is 13.4. The summed E-state index contributed by atoms with van der Waals surface area (Å²) in [6.45, 7) is 6.37. The highest BCUT2D eigenvalue weighted by molar-refractivity contribution is 5.66. The van der Waals surface area contributed by atoms with Crippen LogP contribution in [0.15, 0.2) is 55.0 Å². The van der Waals surface area contributed by atoms with E-state index in [0.717, 1.165) is 48.8 Å². The summed E-state index contributed by atoms with van der Waals surface area (Å²) in [7, 11) is 1.74. The van der Waals surface area contributed by atoms with E-state index in [9.17, 15) is 8.78 Å². The van der Waals surface area contributed by atoms with E-state index in [1.807, 2.05) is 24.3 Å². The fourth-order valence-electron chi connectivity index (χ4n) is 5.72. The molecule has 0 unspecified atom stereocenters. The van der Waals surface area contributed by atoms with Gasteiger partial charge in [0.1, 0.15) is 18.1 Å². The number of benzene rings is 1. The fraction of sp³-hybridized carbons (Fsp3) is 0.400. The van der Waals surface area contributed by atoms with E-state index in [1.165, 1.54) is 11.8 Å². The van der Waals surface area contributed by atoms with E-state index in [0.29, 0.717) is 30.5 Å². The molecule has 1 aliphatic carbocycles. The van der Waals surface area contributed by atoms with Gasteiger partial charge >= 0.3 is 0 Å². The van der Waals surface area contributed by atoms with Crippen LogP contribution in [0.3, 0.4) is 0 Å². The third kappa shape index (κ3) is 4.33. The number of aromatic nitrogens is 5. The maximum Gasteiger partial charge on any atom is 0.288 e. The Bertz CT molecular complexity index is 1500. The molecule has 0 N–H and O–H groups in total. The van der Waals surface area contributed by atoms with Crippen molar-refractivity contribution in [3.63, 3.8) is 0 Å². The van der Waals surface area contributed by atoms with Crippen molar-refractivity contribution < 1.29 is 13.5 Å². The summed E-state index contributed by atoms with van der Waals surface area (Å²) in [5.41, 5.74) is 3.42. The van der Waals surface area contributed by atoms with Gasteiger partial charge in [0.15, 0.2) is 17.4 Å². The Morgan fingerprint density at radius 1 is 1.05 bits per heavy atom. The third-order valence-corrected chi connectivity index (χ3v) is 7.89. The lowest BCUT2D eigenvalue weighted by molar-refractivity contribution is 0.0131. The van der Waals surface area contributed by atoms with E-state index in [-0.39, 0.29) is 17.2 Å². The van der Waals surface area contributed by atoms with E-state index < -0.39 is 5.92 Å². The minimum atomic E-state index is -2.98. The van der Waals surface area contributed by atoms with Gasteiger partial charge in [0, 0.05) is 37.5 Å². The first kappa shape index (κ1) is 25.4. The lowest BCUT2D eigenvalue weighted by Crippen LogP contribution is -2.54. The largest absolute Gasteiger partial charge is 0.486 e. The molecule has 3 aromatic heterocycles. The molecule has 0 atom stereocenters. The number of nitrogens with zero attached hydrogens (tertiary/aromatic N) is 6. The van der Waals surface area contributed by atoms with Gasteiger partial charge in [-0.05, 0) is 42.9 Å². The number of imidazole rings is 1. The highest BCUT2D eigenvalue weighted by atomic mass is 19.3. The van der Waals surface area contributed by atoms with Crippen LogP contribution < -0.4 is 9.64 Å². The molecule has 39 heavy (non-hydrogen) atoms. The van der Waals surface area contributed by atoms with Gasteiger partial charge in [-0.25, -0.2) is 15.0 Å². The van der Waals surface area contributed by atoms with Gasteiger partial charge in [-0.15, -0.1) is 0 Å². The molecule has 1 aliphatic heterocycles. The zero-order valence-electron chi connectivity index (χ0n) is 22.7. The van der Waals surface area contributed by atoms with Crippen molar-refractivity contribution in [1.82, 2.24) is 24.5 Å². The summed E-state index contributed by atoms with van der Waals surface area (Å²) >= 11 is 0. The van der Waals surface area contributed by atoms with Crippen LogP contribution in [0.1, 0.15) is 62.9 Å². The number of rotatable bonds is 6. The minimum absolute atomic E-state index is 0.220. The molecule has 202 valence electrons. The number of halogens is 2. The molecule has 7 nitrogen and oxygen atoms in total. The quantitative estimate of drug-likeness (QED) is 0.285. The van der Waals surface area contributed by atoms with Crippen LogP contribution in [0.25, 0.3) is 22.8 Å². The molecule has 2 aliphatic rings. The normalized spacial score (nSPS) is 16.5. The molecule has 0 radical (unpaired) electrons. The summed E-state index contributed by atoms with van der Waals surface area (Å²) in [5.74, 6) is -0.0989. The number of alkyl halides is 2. The lowest BCUT2D eigenvalue weighted by Gasteiger charge is -2.52. The Balaban J connectivity index is 1.37. The molecule has 0 spiro atoms. The second kappa shape index (κ2) is 9.39. The van der Waals surface area contributed by atoms with Gasteiger partial charge < -0.3 is 14.2 Å². The maximum atomic E-state index is 13.9. The van der Waals surface area contributed by atoms with Gasteiger partial charge in [0.05, 0.1) is 24.0 Å². The molecular formula is C30H32F2N6O. The summed E-state index contributed by atoms with van der Waals surface area (Å²) < 4.78 is 35.4. The van der Waals surface area contributed by atoms with E-state index in [2.05, 4.69) is 45.8 Å². The number of hydrogen-bond acceptors (Lipinski definition) is 6. The van der Waals surface area contributed by atoms with Crippen LogP contribution in [-0.2, 0) is 18.5 Å². The van der Waals surface area contributed by atoms with Gasteiger partial charge in [-0.3, -0.25) is 4.98 Å². The second-order valence-electron chi connectivity index (χ2n) is 10.9. The number of aryl methyl sites for hydroxylation is 1. The SMILES string of the molecule is CC(C)c1ncccc1-c1ncc2c(n1)N(C1(c3ccc(-c4nc(C(C)(F)F)cn4C)cc3)CCC1)CCO2. The highest BCUT2D eigenvalue weighted by Gasteiger charge is 2.46. The monoisotopic (exact) mass is 530 g/mol. The molecule has 1 fully saturated rings. The Labute approximate surface area is 226 Å². The first-order valence-electron chi connectivity index (χ1n) is 13.4. The predicted molar refractivity (Wildman–Crippen MR) is 146 cm³/mol. The van der Waals surface area contributed by atoms with Crippen molar-refractivity contribution in [3.8, 4) is 28.5 Å². The average molecular weight is 531 g/mol. The lowest BCUT2D eigenvalue weighted by atomic mass is 9.70. The molecule has 4 heterocycles. The van der Waals surface area contributed by atoms with Crippen molar-refractivity contribution in [3.05, 3.63) is 71.9 Å². The average Bonchev–Trinajstić information content (AvgIpc) is 3.30. The van der Waals surface area contributed by atoms with E-state index in [1.54, 1.807) is 24.0 Å². The van der Waals surface area contributed by atoms with Crippen LogP contribution in [0.2, 0.25) is 0 Å². The summed E-state index contributed by atoms with van der Waals surface area (Å²) in [6.07, 6.45) is 8.07. The number of ether oxygens (including phenoxy) is 1. The number of fused-ring (bicyclic) bond motifs is 1. The topological polar surface area (TPSA) is 69.0 Å². The molecule has 0 amide bonds. The smallest absolute Gasteiger partial charge is 0.288 e. The molecule has 9 heteroatoms. The molecule has 1 saturated carbocycles. The van der Waals surface area contributed by atoms with Gasteiger partial charge in [0.2, 0.25) is 0 Å². The molecule has 0 bridgehead atoms. The number of hydrogen-bond donors (Lipinski definition) is 0. The molecule has 1 aromatic carbocycles. The summed E-state index contributed by atoms with van der Waals surface area (Å²) in [5, 5.41) is 0. The predicted octanol–water partition coefficient (Wildman–Crippen LogP) is 6.45. The second-order valence-corrected chi connectivity index (χ2v) is 10.9. The number of anilines is 1. The third-order valence-electron chi connectivity index (χ3n) is 7.89. The fourth-order valence-corrected chi connectivity index (χ4v) is 5.72. The molecular weight excluding hydrogens is 498 g/mol. The van der Waals surface area contributed by atoms with Crippen molar-refractivity contribution in [2.75, 3.05) is 18.1 Å². The maximum absolute atomic E-state index is 13.9. The van der Waals surface area contributed by atoms with Crippen LogP contribution in [0.5, 0.6) is 5.75 Å². The molecule has 6 rings (SSSR count). The van der Waals surface area contributed by atoms with Crippen molar-refractivity contribution >= 4 is 5.82 Å². The van der Waals surface area contributed by atoms with Crippen LogP contribution in [-0.4, -0.2) is 37.7 Å². The Kier molecular flexibility index (Phi) is 6.12.